The molecule has 3 heterocycles. The quantitative estimate of drug-likeness (QED) is 0.660. The smallest absolute Gasteiger partial charge is 0.227 e. The average Bonchev–Trinajstić information content (AvgIpc) is 3.34. The van der Waals surface area contributed by atoms with Crippen LogP contribution >= 0.6 is 0 Å². The highest BCUT2D eigenvalue weighted by Crippen LogP contribution is 2.38. The minimum absolute atomic E-state index is 0.180. The van der Waals surface area contributed by atoms with Gasteiger partial charge in [-0.05, 0) is 61.8 Å². The molecule has 1 aliphatic heterocycles. The van der Waals surface area contributed by atoms with Crippen LogP contribution in [-0.2, 0) is 11.2 Å². The Hall–Kier alpha value is -2.63. The zero-order valence-corrected chi connectivity index (χ0v) is 18.1. The molecule has 2 fully saturated rings. The minimum Gasteiger partial charge on any atom is -0.464 e. The number of aryl methyl sites for hydroxylation is 1. The van der Waals surface area contributed by atoms with Crippen molar-refractivity contribution in [2.24, 2.45) is 0 Å². The molecule has 30 heavy (non-hydrogen) atoms. The van der Waals surface area contributed by atoms with Gasteiger partial charge in [0.15, 0.2) is 5.82 Å². The van der Waals surface area contributed by atoms with Gasteiger partial charge in [0.05, 0.1) is 12.7 Å². The monoisotopic (exact) mass is 406 g/mol. The lowest BCUT2D eigenvalue weighted by atomic mass is 9.94. The van der Waals surface area contributed by atoms with Crippen molar-refractivity contribution in [3.05, 3.63) is 46.7 Å². The predicted octanol–water partition coefficient (Wildman–Crippen LogP) is 4.81. The molecule has 3 aromatic rings. The maximum Gasteiger partial charge on any atom is 0.227 e. The van der Waals surface area contributed by atoms with E-state index in [0.717, 1.165) is 54.1 Å². The first-order chi connectivity index (χ1) is 14.5. The molecule has 1 N–H and O–H groups in total. The summed E-state index contributed by atoms with van der Waals surface area (Å²) in [6, 6.07) is 4.30. The molecule has 6 nitrogen and oxygen atoms in total. The summed E-state index contributed by atoms with van der Waals surface area (Å²) in [7, 11) is 0. The van der Waals surface area contributed by atoms with Gasteiger partial charge in [0.1, 0.15) is 11.4 Å². The number of nitrogens with zero attached hydrogens (tertiary/aromatic N) is 3. The lowest BCUT2D eigenvalue weighted by molar-refractivity contribution is -0.131. The van der Waals surface area contributed by atoms with Gasteiger partial charge >= 0.3 is 0 Å². The van der Waals surface area contributed by atoms with Gasteiger partial charge in [-0.3, -0.25) is 9.89 Å². The molecular formula is C24H30N4O2. The van der Waals surface area contributed by atoms with Crippen molar-refractivity contribution in [3.63, 3.8) is 0 Å². The number of amides is 1. The first-order valence-electron chi connectivity index (χ1n) is 11.2. The molecule has 0 radical (unpaired) electrons. The zero-order valence-electron chi connectivity index (χ0n) is 18.1. The van der Waals surface area contributed by atoms with E-state index in [2.05, 4.69) is 43.1 Å². The molecule has 2 aromatic heterocycles. The highest BCUT2D eigenvalue weighted by atomic mass is 16.3. The van der Waals surface area contributed by atoms with Gasteiger partial charge in [0.2, 0.25) is 5.91 Å². The Morgan fingerprint density at radius 3 is 2.67 bits per heavy atom. The summed E-state index contributed by atoms with van der Waals surface area (Å²) in [4.78, 5) is 19.7. The van der Waals surface area contributed by atoms with Crippen molar-refractivity contribution in [2.45, 2.75) is 70.6 Å². The van der Waals surface area contributed by atoms with Crippen LogP contribution in [-0.4, -0.2) is 39.1 Å². The largest absolute Gasteiger partial charge is 0.464 e. The Morgan fingerprint density at radius 2 is 1.97 bits per heavy atom. The molecule has 6 heteroatoms. The van der Waals surface area contributed by atoms with Gasteiger partial charge in [-0.2, -0.15) is 5.10 Å². The normalized spacial score (nSPS) is 17.9. The lowest BCUT2D eigenvalue weighted by Crippen LogP contribution is -2.39. The summed E-state index contributed by atoms with van der Waals surface area (Å²) in [6.07, 6.45) is 6.46. The number of nitrogens with one attached hydrogen (secondary N) is 1. The first kappa shape index (κ1) is 19.3. The van der Waals surface area contributed by atoms with Crippen molar-refractivity contribution < 1.29 is 9.21 Å². The number of hydrogen-bond donors (Lipinski definition) is 1. The third kappa shape index (κ3) is 3.64. The SMILES string of the molecule is Cc1cc2occ(CC(=O)N3CCC(c4nc(C5CC5)n[nH]4)CC3)c2cc1C(C)C. The number of rotatable bonds is 5. The van der Waals surface area contributed by atoms with Crippen LogP contribution in [0, 0.1) is 6.92 Å². The molecule has 1 aliphatic carbocycles. The van der Waals surface area contributed by atoms with Crippen molar-refractivity contribution in [3.8, 4) is 0 Å². The molecule has 1 aromatic carbocycles. The number of aromatic nitrogens is 3. The molecule has 2 aliphatic rings. The summed E-state index contributed by atoms with van der Waals surface area (Å²) in [6.45, 7) is 8.06. The maximum absolute atomic E-state index is 13.0. The van der Waals surface area contributed by atoms with Gasteiger partial charge in [0, 0.05) is 35.9 Å². The van der Waals surface area contributed by atoms with Crippen LogP contribution in [0.2, 0.25) is 0 Å². The summed E-state index contributed by atoms with van der Waals surface area (Å²) >= 11 is 0. The number of H-pyrrole nitrogens is 1. The van der Waals surface area contributed by atoms with Gasteiger partial charge in [0.25, 0.3) is 0 Å². The topological polar surface area (TPSA) is 75.0 Å². The fourth-order valence-corrected chi connectivity index (χ4v) is 4.68. The summed E-state index contributed by atoms with van der Waals surface area (Å²) < 4.78 is 5.76. The number of hydrogen-bond acceptors (Lipinski definition) is 4. The van der Waals surface area contributed by atoms with Crippen molar-refractivity contribution >= 4 is 16.9 Å². The Bertz CT molecular complexity index is 1070. The molecule has 0 atom stereocenters. The molecule has 0 unspecified atom stereocenters. The van der Waals surface area contributed by atoms with Gasteiger partial charge < -0.3 is 9.32 Å². The van der Waals surface area contributed by atoms with E-state index >= 15 is 0 Å². The van der Waals surface area contributed by atoms with Gasteiger partial charge in [-0.15, -0.1) is 0 Å². The third-order valence-corrected chi connectivity index (χ3v) is 6.70. The molecular weight excluding hydrogens is 376 g/mol. The first-order valence-corrected chi connectivity index (χ1v) is 11.2. The van der Waals surface area contributed by atoms with E-state index in [-0.39, 0.29) is 5.91 Å². The fourth-order valence-electron chi connectivity index (χ4n) is 4.68. The number of carbonyl (C=O) groups is 1. The van der Waals surface area contributed by atoms with Gasteiger partial charge in [-0.1, -0.05) is 13.8 Å². The molecule has 0 bridgehead atoms. The van der Waals surface area contributed by atoms with Crippen LogP contribution in [0.3, 0.4) is 0 Å². The van der Waals surface area contributed by atoms with E-state index in [1.807, 2.05) is 4.90 Å². The van der Waals surface area contributed by atoms with E-state index in [4.69, 9.17) is 9.40 Å². The second-order valence-electron chi connectivity index (χ2n) is 9.31. The second-order valence-corrected chi connectivity index (χ2v) is 9.31. The minimum atomic E-state index is 0.180. The Morgan fingerprint density at radius 1 is 1.20 bits per heavy atom. The Labute approximate surface area is 177 Å². The number of likely N-dealkylation sites (tertiary alicyclic amines) is 1. The zero-order chi connectivity index (χ0) is 20.8. The van der Waals surface area contributed by atoms with E-state index in [1.54, 1.807) is 6.26 Å². The summed E-state index contributed by atoms with van der Waals surface area (Å²) in [5, 5.41) is 8.60. The average molecular weight is 407 g/mol. The van der Waals surface area contributed by atoms with E-state index in [0.29, 0.717) is 24.2 Å². The third-order valence-electron chi connectivity index (χ3n) is 6.70. The highest BCUT2D eigenvalue weighted by Gasteiger charge is 2.31. The van der Waals surface area contributed by atoms with Crippen LogP contribution in [0.25, 0.3) is 11.0 Å². The number of carbonyl (C=O) groups excluding carboxylic acids is 1. The Balaban J connectivity index is 1.24. The van der Waals surface area contributed by atoms with Crippen LogP contribution in [0.15, 0.2) is 22.8 Å². The second kappa shape index (κ2) is 7.56. The predicted molar refractivity (Wildman–Crippen MR) is 116 cm³/mol. The standard InChI is InChI=1S/C24H30N4O2/c1-14(2)19-12-20-18(13-30-21(20)10-15(19)3)11-22(29)28-8-6-17(7-9-28)24-25-23(26-27-24)16-4-5-16/h10,12-14,16-17H,4-9,11H2,1-3H3,(H,25,26,27). The molecule has 5 rings (SSSR count). The Kier molecular flexibility index (Phi) is 4.88. The number of benzene rings is 1. The highest BCUT2D eigenvalue weighted by molar-refractivity contribution is 5.88. The van der Waals surface area contributed by atoms with E-state index in [1.165, 1.54) is 24.0 Å². The number of fused-ring (bicyclic) bond motifs is 1. The number of piperidine rings is 1. The fraction of sp³-hybridized carbons (Fsp3) is 0.542. The summed E-state index contributed by atoms with van der Waals surface area (Å²) in [5.74, 6) is 3.55. The van der Waals surface area contributed by atoms with Crippen molar-refractivity contribution in [2.75, 3.05) is 13.1 Å². The van der Waals surface area contributed by atoms with Crippen LogP contribution in [0.1, 0.15) is 85.6 Å². The molecule has 158 valence electrons. The molecule has 0 spiro atoms. The number of aromatic amines is 1. The lowest BCUT2D eigenvalue weighted by Gasteiger charge is -2.31. The molecule has 1 saturated carbocycles. The van der Waals surface area contributed by atoms with Crippen molar-refractivity contribution in [1.82, 2.24) is 20.1 Å². The summed E-state index contributed by atoms with van der Waals surface area (Å²) in [5.41, 5.74) is 4.42. The van der Waals surface area contributed by atoms with E-state index < -0.39 is 0 Å². The molecule has 1 saturated heterocycles. The number of furan rings is 1. The molecule has 1 amide bonds. The maximum atomic E-state index is 13.0. The van der Waals surface area contributed by atoms with Gasteiger partial charge in [-0.25, -0.2) is 4.98 Å². The van der Waals surface area contributed by atoms with Crippen LogP contribution < -0.4 is 0 Å². The van der Waals surface area contributed by atoms with E-state index in [9.17, 15) is 4.79 Å². The van der Waals surface area contributed by atoms with Crippen molar-refractivity contribution in [1.29, 1.82) is 0 Å². The van der Waals surface area contributed by atoms with Crippen LogP contribution in [0.5, 0.6) is 0 Å². The van der Waals surface area contributed by atoms with Crippen LogP contribution in [0.4, 0.5) is 0 Å².